The SMILES string of the molecule is CCC(=O)NC.CCCC(=O)OC.CCCOC.CCOC.CCOS(C)=O. The molecule has 9 heteroatoms. The van der Waals surface area contributed by atoms with Crippen LogP contribution in [0.1, 0.15) is 60.3 Å². The highest BCUT2D eigenvalue weighted by atomic mass is 32.2. The fourth-order valence-corrected chi connectivity index (χ4v) is 1.18. The summed E-state index contributed by atoms with van der Waals surface area (Å²) in [6, 6.07) is 0. The van der Waals surface area contributed by atoms with E-state index in [0.717, 1.165) is 26.1 Å². The molecule has 0 saturated heterocycles. The Balaban J connectivity index is -0.0000000797. The molecule has 8 nitrogen and oxygen atoms in total. The number of carbonyl (C=O) groups excluding carboxylic acids is 2. The van der Waals surface area contributed by atoms with E-state index in [1.165, 1.54) is 13.4 Å². The van der Waals surface area contributed by atoms with Crippen molar-refractivity contribution in [1.29, 1.82) is 0 Å². The number of esters is 1. The molecule has 0 heterocycles. The highest BCUT2D eigenvalue weighted by Gasteiger charge is 1.92. The van der Waals surface area contributed by atoms with Gasteiger partial charge >= 0.3 is 5.97 Å². The first-order valence-corrected chi connectivity index (χ1v) is 10.9. The lowest BCUT2D eigenvalue weighted by Crippen LogP contribution is -2.15. The molecule has 1 N–H and O–H groups in total. The topological polar surface area (TPSA) is 100 Å². The molecule has 0 fully saturated rings. The zero-order valence-corrected chi connectivity index (χ0v) is 20.5. The minimum Gasteiger partial charge on any atom is -0.469 e. The van der Waals surface area contributed by atoms with E-state index in [2.05, 4.69) is 25.9 Å². The Labute approximate surface area is 175 Å². The largest absolute Gasteiger partial charge is 0.469 e. The maximum Gasteiger partial charge on any atom is 0.305 e. The van der Waals surface area contributed by atoms with Crippen LogP contribution in [-0.2, 0) is 39.1 Å². The molecule has 0 rings (SSSR count). The van der Waals surface area contributed by atoms with E-state index in [1.807, 2.05) is 20.8 Å². The number of hydrogen-bond acceptors (Lipinski definition) is 7. The summed E-state index contributed by atoms with van der Waals surface area (Å²) in [6.07, 6.45) is 4.61. The zero-order valence-electron chi connectivity index (χ0n) is 19.7. The first-order valence-electron chi connectivity index (χ1n) is 9.44. The molecular weight excluding hydrogens is 386 g/mol. The average Bonchev–Trinajstić information content (AvgIpc) is 2.69. The first kappa shape index (κ1) is 37.7. The van der Waals surface area contributed by atoms with Gasteiger partial charge in [0.05, 0.1) is 13.7 Å². The number of methoxy groups -OCH3 is 3. The summed E-state index contributed by atoms with van der Waals surface area (Å²) in [6.45, 7) is 11.9. The monoisotopic (exact) mass is 431 g/mol. The van der Waals surface area contributed by atoms with Gasteiger partial charge in [0, 0.05) is 53.6 Å². The Kier molecular flexibility index (Phi) is 54.6. The second kappa shape index (κ2) is 40.6. The van der Waals surface area contributed by atoms with Crippen molar-refractivity contribution in [3.05, 3.63) is 0 Å². The number of hydrogen-bond donors (Lipinski definition) is 1. The van der Waals surface area contributed by atoms with Crippen molar-refractivity contribution in [3.8, 4) is 0 Å². The molecular formula is C19H45NO7S. The minimum absolute atomic E-state index is 0.0926. The van der Waals surface area contributed by atoms with Crippen molar-refractivity contribution >= 4 is 23.0 Å². The van der Waals surface area contributed by atoms with Crippen molar-refractivity contribution < 1.29 is 32.2 Å². The standard InChI is InChI=1S/C5H10O2.C4H9NO.C4H10O.C3H8O2S.C3H8O/c1-3-4-5(6)7-2;1-3-4(6)5-2;1-3-4-5-2;1-3-5-6(2)4;1-3-4-2/h3-4H2,1-2H3;3H2,1-2H3,(H,5,6);3-4H2,1-2H3;3H2,1-2H3;3H2,1-2H3. The fraction of sp³-hybridized carbons (Fsp3) is 0.895. The highest BCUT2D eigenvalue weighted by molar-refractivity contribution is 7.79. The quantitative estimate of drug-likeness (QED) is 0.589. The summed E-state index contributed by atoms with van der Waals surface area (Å²) in [7, 11) is 6.42. The lowest BCUT2D eigenvalue weighted by molar-refractivity contribution is -0.140. The van der Waals surface area contributed by atoms with Gasteiger partial charge in [-0.2, -0.15) is 0 Å². The van der Waals surface area contributed by atoms with Crippen LogP contribution in [0.4, 0.5) is 0 Å². The van der Waals surface area contributed by atoms with E-state index in [1.54, 1.807) is 28.2 Å². The molecule has 0 aromatic heterocycles. The van der Waals surface area contributed by atoms with Crippen LogP contribution in [0.25, 0.3) is 0 Å². The van der Waals surface area contributed by atoms with Crippen LogP contribution in [0.2, 0.25) is 0 Å². The molecule has 1 atom stereocenters. The van der Waals surface area contributed by atoms with Gasteiger partial charge in [-0.1, -0.05) is 20.8 Å². The number of rotatable bonds is 8. The van der Waals surface area contributed by atoms with Gasteiger partial charge in [-0.3, -0.25) is 13.8 Å². The molecule has 174 valence electrons. The molecule has 1 unspecified atom stereocenters. The van der Waals surface area contributed by atoms with Gasteiger partial charge in [-0.15, -0.1) is 0 Å². The molecule has 1 amide bonds. The maximum atomic E-state index is 10.2. The van der Waals surface area contributed by atoms with E-state index >= 15 is 0 Å². The van der Waals surface area contributed by atoms with Gasteiger partial charge < -0.3 is 19.5 Å². The normalized spacial score (nSPS) is 9.36. The predicted molar refractivity (Wildman–Crippen MR) is 117 cm³/mol. The Morgan fingerprint density at radius 3 is 1.43 bits per heavy atom. The molecule has 0 saturated carbocycles. The molecule has 0 radical (unpaired) electrons. The van der Waals surface area contributed by atoms with Crippen molar-refractivity contribution in [2.45, 2.75) is 60.3 Å². The number of ether oxygens (including phenoxy) is 3. The second-order valence-corrected chi connectivity index (χ2v) is 5.77. The summed E-state index contributed by atoms with van der Waals surface area (Å²) in [4.78, 5) is 20.3. The molecule has 0 aromatic rings. The summed E-state index contributed by atoms with van der Waals surface area (Å²) in [5, 5.41) is 2.48. The van der Waals surface area contributed by atoms with Crippen LogP contribution in [0.5, 0.6) is 0 Å². The fourth-order valence-electron chi connectivity index (χ4n) is 0.853. The Hall–Kier alpha value is -1.03. The highest BCUT2D eigenvalue weighted by Crippen LogP contribution is 1.86. The van der Waals surface area contributed by atoms with E-state index < -0.39 is 11.1 Å². The number of nitrogens with one attached hydrogen (secondary N) is 1. The van der Waals surface area contributed by atoms with E-state index in [4.69, 9.17) is 4.74 Å². The van der Waals surface area contributed by atoms with Gasteiger partial charge in [0.25, 0.3) is 0 Å². The second-order valence-electron chi connectivity index (χ2n) is 4.73. The summed E-state index contributed by atoms with van der Waals surface area (Å²) in [5.41, 5.74) is 0. The molecule has 0 aliphatic carbocycles. The van der Waals surface area contributed by atoms with Crippen LogP contribution in [0, 0.1) is 0 Å². The lowest BCUT2D eigenvalue weighted by Gasteiger charge is -1.91. The van der Waals surface area contributed by atoms with Crippen LogP contribution >= 0.6 is 0 Å². The Bertz CT molecular complexity index is 307. The summed E-state index contributed by atoms with van der Waals surface area (Å²) < 4.78 is 28.0. The maximum absolute atomic E-state index is 10.2. The van der Waals surface area contributed by atoms with E-state index in [-0.39, 0.29) is 11.9 Å². The Morgan fingerprint density at radius 1 is 0.893 bits per heavy atom. The Morgan fingerprint density at radius 2 is 1.39 bits per heavy atom. The number of amides is 1. The van der Waals surface area contributed by atoms with Crippen LogP contribution in [-0.4, -0.2) is 70.5 Å². The lowest BCUT2D eigenvalue weighted by atomic mass is 10.3. The minimum atomic E-state index is -1.07. The van der Waals surface area contributed by atoms with Crippen LogP contribution in [0.15, 0.2) is 0 Å². The van der Waals surface area contributed by atoms with Gasteiger partial charge in [0.15, 0.2) is 11.1 Å². The van der Waals surface area contributed by atoms with Crippen molar-refractivity contribution in [1.82, 2.24) is 5.32 Å². The summed E-state index contributed by atoms with van der Waals surface area (Å²) >= 11 is -1.07. The zero-order chi connectivity index (χ0) is 23.2. The van der Waals surface area contributed by atoms with E-state index in [0.29, 0.717) is 19.4 Å². The first-order chi connectivity index (χ1) is 13.2. The summed E-state index contributed by atoms with van der Waals surface area (Å²) in [5.74, 6) is -0.0301. The molecule has 0 aliphatic heterocycles. The van der Waals surface area contributed by atoms with E-state index in [9.17, 15) is 13.8 Å². The molecule has 0 spiro atoms. The smallest absolute Gasteiger partial charge is 0.305 e. The van der Waals surface area contributed by atoms with Gasteiger partial charge in [-0.25, -0.2) is 4.21 Å². The molecule has 0 bridgehead atoms. The third kappa shape index (κ3) is 73.5. The van der Waals surface area contributed by atoms with Crippen molar-refractivity contribution in [3.63, 3.8) is 0 Å². The third-order valence-electron chi connectivity index (χ3n) is 2.26. The average molecular weight is 432 g/mol. The third-order valence-corrected chi connectivity index (χ3v) is 2.83. The van der Waals surface area contributed by atoms with Gasteiger partial charge in [-0.05, 0) is 26.7 Å². The van der Waals surface area contributed by atoms with Crippen molar-refractivity contribution in [2.24, 2.45) is 0 Å². The number of carbonyl (C=O) groups is 2. The van der Waals surface area contributed by atoms with Crippen molar-refractivity contribution in [2.75, 3.05) is 54.5 Å². The molecule has 0 aromatic carbocycles. The van der Waals surface area contributed by atoms with Gasteiger partial charge in [0.2, 0.25) is 5.91 Å². The predicted octanol–water partition coefficient (Wildman–Crippen LogP) is 3.11. The van der Waals surface area contributed by atoms with Crippen LogP contribution in [0.3, 0.4) is 0 Å². The van der Waals surface area contributed by atoms with Gasteiger partial charge in [0.1, 0.15) is 0 Å². The molecule has 28 heavy (non-hydrogen) atoms. The molecule has 0 aliphatic rings. The van der Waals surface area contributed by atoms with Crippen LogP contribution < -0.4 is 5.32 Å².